The third-order valence-corrected chi connectivity index (χ3v) is 6.23. The Labute approximate surface area is 137 Å². The first-order valence-electron chi connectivity index (χ1n) is 9.56. The Morgan fingerprint density at radius 2 is 1.91 bits per heavy atom. The van der Waals surface area contributed by atoms with Crippen molar-refractivity contribution in [3.63, 3.8) is 0 Å². The summed E-state index contributed by atoms with van der Waals surface area (Å²) in [5.41, 5.74) is 2.03. The van der Waals surface area contributed by atoms with Crippen LogP contribution in [0.4, 0.5) is 0 Å². The largest absolute Gasteiger partial charge is 0.303 e. The van der Waals surface area contributed by atoms with Gasteiger partial charge < -0.3 is 4.90 Å². The molecule has 1 aromatic rings. The van der Waals surface area contributed by atoms with Gasteiger partial charge in [-0.3, -0.25) is 0 Å². The predicted molar refractivity (Wildman–Crippen MR) is 95.2 cm³/mol. The quantitative estimate of drug-likeness (QED) is 0.664. The molecule has 0 spiro atoms. The van der Waals surface area contributed by atoms with E-state index in [1.807, 2.05) is 0 Å². The maximum atomic E-state index is 2.79. The zero-order valence-electron chi connectivity index (χ0n) is 14.6. The van der Waals surface area contributed by atoms with Gasteiger partial charge in [0.05, 0.1) is 0 Å². The van der Waals surface area contributed by atoms with Crippen LogP contribution in [0.3, 0.4) is 0 Å². The number of unbranched alkanes of at least 4 members (excludes halogenated alkanes) is 1. The molecule has 22 heavy (non-hydrogen) atoms. The van der Waals surface area contributed by atoms with Gasteiger partial charge in [-0.1, -0.05) is 57.0 Å². The average molecular weight is 300 g/mol. The Balaban J connectivity index is 1.79. The smallest absolute Gasteiger partial charge is 0.00183 e. The molecule has 1 heterocycles. The number of hydrogen-bond acceptors (Lipinski definition) is 1. The fourth-order valence-corrected chi connectivity index (χ4v) is 4.61. The molecule has 1 saturated heterocycles. The maximum Gasteiger partial charge on any atom is 0.00183 e. The van der Waals surface area contributed by atoms with E-state index < -0.39 is 0 Å². The summed E-state index contributed by atoms with van der Waals surface area (Å²) >= 11 is 0. The van der Waals surface area contributed by atoms with Crippen molar-refractivity contribution in [2.45, 2.75) is 64.2 Å². The summed E-state index contributed by atoms with van der Waals surface area (Å²) in [5, 5.41) is 0. The minimum atomic E-state index is 0.427. The Bertz CT molecular complexity index is 450. The molecule has 0 radical (unpaired) electrons. The van der Waals surface area contributed by atoms with Crippen LogP contribution in [0.5, 0.6) is 0 Å². The van der Waals surface area contributed by atoms with Crippen molar-refractivity contribution in [1.29, 1.82) is 0 Å². The first kappa shape index (κ1) is 16.1. The van der Waals surface area contributed by atoms with Crippen molar-refractivity contribution >= 4 is 0 Å². The zero-order chi connectivity index (χ0) is 15.4. The van der Waals surface area contributed by atoms with E-state index >= 15 is 0 Å². The standard InChI is InChI=1S/C21H33N/c1-3-5-9-20-17-22(16-18-12-13-18)15-14-21(20,4-2)19-10-7-6-8-11-19/h6-8,10-11,18,20H,3-5,9,12-17H2,1-2H3. The molecule has 2 atom stereocenters. The number of likely N-dealkylation sites (tertiary alicyclic amines) is 1. The molecule has 122 valence electrons. The summed E-state index contributed by atoms with van der Waals surface area (Å²) in [4.78, 5) is 2.79. The molecule has 2 unspecified atom stereocenters. The van der Waals surface area contributed by atoms with Gasteiger partial charge in [-0.05, 0) is 56.0 Å². The number of rotatable bonds is 7. The van der Waals surface area contributed by atoms with Crippen molar-refractivity contribution in [2.75, 3.05) is 19.6 Å². The van der Waals surface area contributed by atoms with Crippen LogP contribution in [0.2, 0.25) is 0 Å². The van der Waals surface area contributed by atoms with Gasteiger partial charge in [-0.15, -0.1) is 0 Å². The first-order valence-corrected chi connectivity index (χ1v) is 9.56. The Morgan fingerprint density at radius 3 is 2.55 bits per heavy atom. The summed E-state index contributed by atoms with van der Waals surface area (Å²) in [6.07, 6.45) is 9.73. The van der Waals surface area contributed by atoms with E-state index in [0.717, 1.165) is 11.8 Å². The van der Waals surface area contributed by atoms with Crippen LogP contribution in [0.15, 0.2) is 30.3 Å². The topological polar surface area (TPSA) is 3.24 Å². The first-order chi connectivity index (χ1) is 10.8. The average Bonchev–Trinajstić information content (AvgIpc) is 3.38. The predicted octanol–water partition coefficient (Wildman–Crippen LogP) is 5.26. The van der Waals surface area contributed by atoms with Gasteiger partial charge in [0.2, 0.25) is 0 Å². The van der Waals surface area contributed by atoms with Crippen LogP contribution in [-0.4, -0.2) is 24.5 Å². The highest BCUT2D eigenvalue weighted by atomic mass is 15.1. The van der Waals surface area contributed by atoms with E-state index in [4.69, 9.17) is 0 Å². The monoisotopic (exact) mass is 299 g/mol. The van der Waals surface area contributed by atoms with E-state index in [9.17, 15) is 0 Å². The molecule has 1 aromatic carbocycles. The highest BCUT2D eigenvalue weighted by Gasteiger charge is 2.43. The fraction of sp³-hybridized carbons (Fsp3) is 0.714. The SMILES string of the molecule is CCCCC1CN(CC2CC2)CCC1(CC)c1ccccc1. The van der Waals surface area contributed by atoms with E-state index in [-0.39, 0.29) is 0 Å². The van der Waals surface area contributed by atoms with Gasteiger partial charge in [0.15, 0.2) is 0 Å². The van der Waals surface area contributed by atoms with E-state index in [1.165, 1.54) is 64.6 Å². The van der Waals surface area contributed by atoms with Gasteiger partial charge in [-0.25, -0.2) is 0 Å². The molecule has 0 amide bonds. The van der Waals surface area contributed by atoms with Crippen LogP contribution >= 0.6 is 0 Å². The summed E-state index contributed by atoms with van der Waals surface area (Å²) in [6.45, 7) is 8.77. The Kier molecular flexibility index (Phi) is 5.23. The third kappa shape index (κ3) is 3.40. The molecule has 1 aliphatic heterocycles. The summed E-state index contributed by atoms with van der Waals surface area (Å²) in [6, 6.07) is 11.4. The molecule has 1 nitrogen and oxygen atoms in total. The molecule has 2 aliphatic rings. The second-order valence-electron chi connectivity index (χ2n) is 7.67. The lowest BCUT2D eigenvalue weighted by Gasteiger charge is -2.48. The second kappa shape index (κ2) is 7.17. The maximum absolute atomic E-state index is 2.79. The molecule has 0 aromatic heterocycles. The van der Waals surface area contributed by atoms with Gasteiger partial charge in [0.25, 0.3) is 0 Å². The van der Waals surface area contributed by atoms with Crippen LogP contribution in [0.25, 0.3) is 0 Å². The van der Waals surface area contributed by atoms with Gasteiger partial charge in [0.1, 0.15) is 0 Å². The van der Waals surface area contributed by atoms with Crippen LogP contribution in [0, 0.1) is 11.8 Å². The summed E-state index contributed by atoms with van der Waals surface area (Å²) in [5.74, 6) is 1.87. The van der Waals surface area contributed by atoms with Crippen molar-refractivity contribution in [3.8, 4) is 0 Å². The number of nitrogens with zero attached hydrogens (tertiary/aromatic N) is 1. The Hall–Kier alpha value is -0.820. The zero-order valence-corrected chi connectivity index (χ0v) is 14.6. The van der Waals surface area contributed by atoms with Crippen LogP contribution < -0.4 is 0 Å². The minimum Gasteiger partial charge on any atom is -0.303 e. The van der Waals surface area contributed by atoms with Gasteiger partial charge in [-0.2, -0.15) is 0 Å². The second-order valence-corrected chi connectivity index (χ2v) is 7.67. The number of benzene rings is 1. The molecular weight excluding hydrogens is 266 g/mol. The van der Waals surface area contributed by atoms with Crippen molar-refractivity contribution in [1.82, 2.24) is 4.90 Å². The van der Waals surface area contributed by atoms with E-state index in [1.54, 1.807) is 5.56 Å². The number of hydrogen-bond donors (Lipinski definition) is 0. The Morgan fingerprint density at radius 1 is 1.14 bits per heavy atom. The lowest BCUT2D eigenvalue weighted by molar-refractivity contribution is 0.0760. The van der Waals surface area contributed by atoms with Crippen molar-refractivity contribution in [2.24, 2.45) is 11.8 Å². The third-order valence-electron chi connectivity index (χ3n) is 6.23. The lowest BCUT2D eigenvalue weighted by Crippen LogP contribution is -2.50. The fourth-order valence-electron chi connectivity index (χ4n) is 4.61. The lowest BCUT2D eigenvalue weighted by atomic mass is 9.63. The number of piperidine rings is 1. The molecule has 0 bridgehead atoms. The van der Waals surface area contributed by atoms with E-state index in [0.29, 0.717) is 5.41 Å². The van der Waals surface area contributed by atoms with E-state index in [2.05, 4.69) is 49.1 Å². The molecule has 2 fully saturated rings. The molecule has 1 saturated carbocycles. The molecular formula is C21H33N. The summed E-state index contributed by atoms with van der Waals surface area (Å²) < 4.78 is 0. The highest BCUT2D eigenvalue weighted by Crippen LogP contribution is 2.45. The molecule has 3 rings (SSSR count). The molecule has 1 heteroatoms. The van der Waals surface area contributed by atoms with Crippen molar-refractivity contribution < 1.29 is 0 Å². The highest BCUT2D eigenvalue weighted by molar-refractivity contribution is 5.27. The minimum absolute atomic E-state index is 0.427. The van der Waals surface area contributed by atoms with Crippen LogP contribution in [-0.2, 0) is 5.41 Å². The van der Waals surface area contributed by atoms with Gasteiger partial charge >= 0.3 is 0 Å². The van der Waals surface area contributed by atoms with Crippen molar-refractivity contribution in [3.05, 3.63) is 35.9 Å². The summed E-state index contributed by atoms with van der Waals surface area (Å²) in [7, 11) is 0. The molecule has 0 N–H and O–H groups in total. The van der Waals surface area contributed by atoms with Crippen LogP contribution in [0.1, 0.15) is 64.4 Å². The normalized spacial score (nSPS) is 29.6. The van der Waals surface area contributed by atoms with Gasteiger partial charge in [0, 0.05) is 18.5 Å². The molecule has 1 aliphatic carbocycles.